The molecule has 0 spiro atoms. The van der Waals surface area contributed by atoms with E-state index in [9.17, 15) is 0 Å². The van der Waals surface area contributed by atoms with Gasteiger partial charge in [0.2, 0.25) is 0 Å². The molecular weight excluding hydrogens is 372 g/mol. The van der Waals surface area contributed by atoms with Gasteiger partial charge < -0.3 is 9.47 Å². The van der Waals surface area contributed by atoms with E-state index in [1.807, 2.05) is 6.08 Å². The Bertz CT molecular complexity index is 364. The van der Waals surface area contributed by atoms with Gasteiger partial charge in [-0.15, -0.1) is 6.42 Å². The molecule has 0 radical (unpaired) electrons. The van der Waals surface area contributed by atoms with Gasteiger partial charge in [0.15, 0.2) is 0 Å². The van der Waals surface area contributed by atoms with Gasteiger partial charge in [-0.3, -0.25) is 0 Å². The standard InChI is InChI=1S/C15H20Br2O2/c1-3-5-6-7-13-11(17)9-15(19-13)14-8-10(16)12(4-2)18-14/h1,5-6,10-15H,4,7-9H2,2H3/b6-5-/t10-,11+,12-,13+,14-,15+/m1/s1. The van der Waals surface area contributed by atoms with E-state index in [0.29, 0.717) is 15.8 Å². The van der Waals surface area contributed by atoms with Gasteiger partial charge in [0.05, 0.1) is 24.4 Å². The fraction of sp³-hybridized carbons (Fsp3) is 0.733. The lowest BCUT2D eigenvalue weighted by Crippen LogP contribution is -2.26. The Morgan fingerprint density at radius 2 is 1.74 bits per heavy atom. The predicted octanol–water partition coefficient (Wildman–Crippen LogP) is 3.82. The summed E-state index contributed by atoms with van der Waals surface area (Å²) >= 11 is 7.42. The average molecular weight is 392 g/mol. The van der Waals surface area contributed by atoms with Crippen molar-refractivity contribution in [2.24, 2.45) is 0 Å². The Labute approximate surface area is 132 Å². The summed E-state index contributed by atoms with van der Waals surface area (Å²) in [5, 5.41) is 0. The Kier molecular flexibility index (Phi) is 5.95. The molecule has 4 heteroatoms. The maximum atomic E-state index is 6.13. The monoisotopic (exact) mass is 390 g/mol. The van der Waals surface area contributed by atoms with Gasteiger partial charge in [-0.2, -0.15) is 0 Å². The Balaban J connectivity index is 1.87. The minimum atomic E-state index is 0.199. The number of hydrogen-bond donors (Lipinski definition) is 0. The number of terminal acetylenes is 1. The van der Waals surface area contributed by atoms with Crippen molar-refractivity contribution in [1.29, 1.82) is 0 Å². The molecule has 2 heterocycles. The summed E-state index contributed by atoms with van der Waals surface area (Å²) in [5.41, 5.74) is 0. The highest BCUT2D eigenvalue weighted by Crippen LogP contribution is 2.38. The summed E-state index contributed by atoms with van der Waals surface area (Å²) in [7, 11) is 0. The number of hydrogen-bond acceptors (Lipinski definition) is 2. The molecule has 6 atom stereocenters. The van der Waals surface area contributed by atoms with Gasteiger partial charge in [0.25, 0.3) is 0 Å². The number of ether oxygens (including phenoxy) is 2. The van der Waals surface area contributed by atoms with Crippen molar-refractivity contribution in [2.45, 2.75) is 66.7 Å². The normalized spacial score (nSPS) is 42.8. The molecule has 2 nitrogen and oxygen atoms in total. The van der Waals surface area contributed by atoms with Crippen LogP contribution in [0.1, 0.15) is 32.6 Å². The van der Waals surface area contributed by atoms with Crippen molar-refractivity contribution in [2.75, 3.05) is 0 Å². The van der Waals surface area contributed by atoms with Crippen molar-refractivity contribution in [3.63, 3.8) is 0 Å². The van der Waals surface area contributed by atoms with Crippen LogP contribution in [0.4, 0.5) is 0 Å². The first-order valence-electron chi connectivity index (χ1n) is 6.85. The van der Waals surface area contributed by atoms with Crippen LogP contribution in [0.15, 0.2) is 12.2 Å². The molecule has 0 bridgehead atoms. The van der Waals surface area contributed by atoms with E-state index in [1.165, 1.54) is 0 Å². The highest BCUT2D eigenvalue weighted by atomic mass is 79.9. The van der Waals surface area contributed by atoms with Crippen LogP contribution in [0.25, 0.3) is 0 Å². The summed E-state index contributed by atoms with van der Waals surface area (Å²) < 4.78 is 12.2. The Morgan fingerprint density at radius 1 is 1.16 bits per heavy atom. The lowest BCUT2D eigenvalue weighted by molar-refractivity contribution is -0.0640. The topological polar surface area (TPSA) is 18.5 Å². The molecule has 0 aliphatic carbocycles. The second kappa shape index (κ2) is 7.26. The van der Waals surface area contributed by atoms with Gasteiger partial charge in [-0.25, -0.2) is 0 Å². The third-order valence-corrected chi connectivity index (χ3v) is 5.75. The van der Waals surface area contributed by atoms with Gasteiger partial charge in [-0.05, 0) is 31.8 Å². The van der Waals surface area contributed by atoms with E-state index in [2.05, 4.69) is 44.7 Å². The summed E-state index contributed by atoms with van der Waals surface area (Å²) in [4.78, 5) is 0.846. The minimum absolute atomic E-state index is 0.199. The van der Waals surface area contributed by atoms with Gasteiger partial charge in [0, 0.05) is 9.65 Å². The molecule has 0 saturated carbocycles. The number of halogens is 2. The molecule has 106 valence electrons. The first-order chi connectivity index (χ1) is 9.15. The maximum absolute atomic E-state index is 6.13. The first-order valence-corrected chi connectivity index (χ1v) is 8.69. The molecular formula is C15H20Br2O2. The fourth-order valence-electron chi connectivity index (χ4n) is 2.78. The van der Waals surface area contributed by atoms with Crippen LogP contribution in [0.2, 0.25) is 0 Å². The van der Waals surface area contributed by atoms with E-state index in [4.69, 9.17) is 15.9 Å². The smallest absolute Gasteiger partial charge is 0.0853 e. The zero-order chi connectivity index (χ0) is 13.8. The summed E-state index contributed by atoms with van der Waals surface area (Å²) in [6, 6.07) is 0. The van der Waals surface area contributed by atoms with Crippen LogP contribution < -0.4 is 0 Å². The summed E-state index contributed by atoms with van der Waals surface area (Å²) in [5.74, 6) is 2.51. The molecule has 2 saturated heterocycles. The van der Waals surface area contributed by atoms with Crippen LogP contribution in [0.3, 0.4) is 0 Å². The Morgan fingerprint density at radius 3 is 2.26 bits per heavy atom. The lowest BCUT2D eigenvalue weighted by atomic mass is 10.1. The minimum Gasteiger partial charge on any atom is -0.371 e. The molecule has 2 aliphatic rings. The number of alkyl halides is 2. The van der Waals surface area contributed by atoms with Crippen LogP contribution in [-0.4, -0.2) is 34.1 Å². The molecule has 0 N–H and O–H groups in total. The van der Waals surface area contributed by atoms with E-state index in [-0.39, 0.29) is 18.3 Å². The molecule has 0 amide bonds. The second-order valence-electron chi connectivity index (χ2n) is 5.14. The summed E-state index contributed by atoms with van der Waals surface area (Å²) in [6.45, 7) is 2.16. The lowest BCUT2D eigenvalue weighted by Gasteiger charge is -2.19. The fourth-order valence-corrected chi connectivity index (χ4v) is 4.36. The first kappa shape index (κ1) is 15.6. The molecule has 0 aromatic heterocycles. The molecule has 0 aromatic carbocycles. The zero-order valence-electron chi connectivity index (χ0n) is 11.1. The zero-order valence-corrected chi connectivity index (χ0v) is 14.3. The average Bonchev–Trinajstić information content (AvgIpc) is 2.93. The van der Waals surface area contributed by atoms with E-state index >= 15 is 0 Å². The van der Waals surface area contributed by atoms with Crippen molar-refractivity contribution >= 4 is 31.9 Å². The SMILES string of the molecule is C#C/C=C\C[C@@H]1O[C@H]([C@H]2C[C@@H](Br)[C@@H](CC)O2)C[C@@H]1Br. The largest absolute Gasteiger partial charge is 0.371 e. The van der Waals surface area contributed by atoms with Crippen molar-refractivity contribution in [3.05, 3.63) is 12.2 Å². The van der Waals surface area contributed by atoms with Gasteiger partial charge >= 0.3 is 0 Å². The van der Waals surface area contributed by atoms with Gasteiger partial charge in [0.1, 0.15) is 0 Å². The van der Waals surface area contributed by atoms with Crippen LogP contribution in [0.5, 0.6) is 0 Å². The molecule has 2 fully saturated rings. The molecule has 0 unspecified atom stereocenters. The third kappa shape index (κ3) is 3.85. The van der Waals surface area contributed by atoms with Crippen molar-refractivity contribution in [1.82, 2.24) is 0 Å². The molecule has 0 aromatic rings. The molecule has 2 rings (SSSR count). The van der Waals surface area contributed by atoms with Crippen molar-refractivity contribution in [3.8, 4) is 12.3 Å². The predicted molar refractivity (Wildman–Crippen MR) is 84.9 cm³/mol. The molecule has 2 aliphatic heterocycles. The summed E-state index contributed by atoms with van der Waals surface area (Å²) in [6.07, 6.45) is 13.8. The quantitative estimate of drug-likeness (QED) is 0.535. The van der Waals surface area contributed by atoms with Crippen LogP contribution >= 0.6 is 31.9 Å². The maximum Gasteiger partial charge on any atom is 0.0853 e. The third-order valence-electron chi connectivity index (χ3n) is 3.82. The van der Waals surface area contributed by atoms with Crippen LogP contribution in [0, 0.1) is 12.3 Å². The van der Waals surface area contributed by atoms with Gasteiger partial charge in [-0.1, -0.05) is 50.8 Å². The highest BCUT2D eigenvalue weighted by Gasteiger charge is 2.43. The van der Waals surface area contributed by atoms with E-state index in [0.717, 1.165) is 25.7 Å². The second-order valence-corrected chi connectivity index (χ2v) is 7.49. The number of rotatable bonds is 4. The van der Waals surface area contributed by atoms with E-state index < -0.39 is 0 Å². The highest BCUT2D eigenvalue weighted by molar-refractivity contribution is 9.09. The number of allylic oxidation sites excluding steroid dienone is 1. The van der Waals surface area contributed by atoms with Crippen molar-refractivity contribution < 1.29 is 9.47 Å². The van der Waals surface area contributed by atoms with Crippen LogP contribution in [-0.2, 0) is 9.47 Å². The Hall–Kier alpha value is 0.180. The molecule has 19 heavy (non-hydrogen) atoms. The van der Waals surface area contributed by atoms with E-state index in [1.54, 1.807) is 6.08 Å².